The molecular weight excluding hydrogens is 390 g/mol. The predicted octanol–water partition coefficient (Wildman–Crippen LogP) is 3.53. The van der Waals surface area contributed by atoms with E-state index in [2.05, 4.69) is 31.1 Å². The summed E-state index contributed by atoms with van der Waals surface area (Å²) < 4.78 is 0. The minimum Gasteiger partial charge on any atom is -0.370 e. The Hall–Kier alpha value is -1.79. The maximum absolute atomic E-state index is 12.4. The molecule has 7 heteroatoms. The highest BCUT2D eigenvalue weighted by Gasteiger charge is 2.23. The number of carbonyl (C=O) groups excluding carboxylic acids is 2. The van der Waals surface area contributed by atoms with Crippen molar-refractivity contribution in [2.24, 2.45) is 16.6 Å². The van der Waals surface area contributed by atoms with Crippen LogP contribution in [0.3, 0.4) is 0 Å². The number of unbranched alkanes of at least 4 members (excludes halogenated alkanes) is 7. The predicted molar refractivity (Wildman–Crippen MR) is 129 cm³/mol. The fourth-order valence-electron chi connectivity index (χ4n) is 3.78. The highest BCUT2D eigenvalue weighted by Crippen LogP contribution is 2.11. The van der Waals surface area contributed by atoms with E-state index in [-0.39, 0.29) is 11.8 Å². The molecule has 1 aliphatic heterocycles. The number of amides is 2. The van der Waals surface area contributed by atoms with Gasteiger partial charge in [0.25, 0.3) is 0 Å². The summed E-state index contributed by atoms with van der Waals surface area (Å²) in [5.41, 5.74) is 5.91. The molecule has 1 saturated heterocycles. The molecule has 2 amide bonds. The molecule has 0 spiro atoms. The Labute approximate surface area is 190 Å². The quantitative estimate of drug-likeness (QED) is 0.233. The van der Waals surface area contributed by atoms with E-state index < -0.39 is 0 Å². The van der Waals surface area contributed by atoms with Gasteiger partial charge < -0.3 is 20.9 Å². The highest BCUT2D eigenvalue weighted by molar-refractivity contribution is 5.78. The van der Waals surface area contributed by atoms with Crippen molar-refractivity contribution in [1.29, 1.82) is 0 Å². The van der Waals surface area contributed by atoms with Gasteiger partial charge in [0.05, 0.1) is 0 Å². The first-order valence-electron chi connectivity index (χ1n) is 12.5. The van der Waals surface area contributed by atoms with Crippen LogP contribution in [0.4, 0.5) is 0 Å². The lowest BCUT2D eigenvalue weighted by Gasteiger charge is -2.35. The zero-order valence-electron chi connectivity index (χ0n) is 20.3. The van der Waals surface area contributed by atoms with Crippen molar-refractivity contribution in [3.05, 3.63) is 0 Å². The van der Waals surface area contributed by atoms with Crippen LogP contribution < -0.4 is 11.1 Å². The zero-order valence-corrected chi connectivity index (χ0v) is 20.3. The van der Waals surface area contributed by atoms with Crippen LogP contribution in [0.15, 0.2) is 4.99 Å². The number of hydrogen-bond acceptors (Lipinski definition) is 3. The highest BCUT2D eigenvalue weighted by atomic mass is 16.2. The number of piperazine rings is 1. The first kappa shape index (κ1) is 27.2. The van der Waals surface area contributed by atoms with Crippen molar-refractivity contribution in [3.63, 3.8) is 0 Å². The van der Waals surface area contributed by atoms with Gasteiger partial charge in [-0.25, -0.2) is 0 Å². The Balaban J connectivity index is 2.03. The van der Waals surface area contributed by atoms with Gasteiger partial charge in [-0.15, -0.1) is 0 Å². The molecule has 0 aromatic carbocycles. The van der Waals surface area contributed by atoms with Gasteiger partial charge in [0, 0.05) is 52.1 Å². The molecule has 31 heavy (non-hydrogen) atoms. The Kier molecular flexibility index (Phi) is 14.8. The number of carbonyl (C=O) groups is 2. The molecule has 0 unspecified atom stereocenters. The molecule has 0 bridgehead atoms. The van der Waals surface area contributed by atoms with Crippen LogP contribution in [0.5, 0.6) is 0 Å². The number of hydrogen-bond donors (Lipinski definition) is 2. The van der Waals surface area contributed by atoms with Crippen LogP contribution in [0, 0.1) is 5.92 Å². The van der Waals surface area contributed by atoms with Crippen LogP contribution in [0.2, 0.25) is 0 Å². The summed E-state index contributed by atoms with van der Waals surface area (Å²) in [5, 5.41) is 3.19. The summed E-state index contributed by atoms with van der Waals surface area (Å²) in [6, 6.07) is 0. The molecule has 1 heterocycles. The molecular formula is C24H47N5O2. The molecule has 1 rings (SSSR count). The number of nitrogens with one attached hydrogen (secondary N) is 1. The molecule has 180 valence electrons. The number of nitrogens with two attached hydrogens (primary N) is 1. The van der Waals surface area contributed by atoms with E-state index in [1.54, 1.807) is 0 Å². The Morgan fingerprint density at radius 1 is 0.871 bits per heavy atom. The van der Waals surface area contributed by atoms with Crippen LogP contribution in [-0.4, -0.2) is 66.8 Å². The molecule has 0 saturated carbocycles. The lowest BCUT2D eigenvalue weighted by Crippen LogP contribution is -2.50. The number of aliphatic imine (C=N–C) groups is 1. The fraction of sp³-hybridized carbons (Fsp3) is 0.875. The van der Waals surface area contributed by atoms with Crippen molar-refractivity contribution < 1.29 is 9.59 Å². The second-order valence-electron chi connectivity index (χ2n) is 9.13. The summed E-state index contributed by atoms with van der Waals surface area (Å²) in [4.78, 5) is 32.7. The number of nitrogens with zero attached hydrogens (tertiary/aromatic N) is 3. The third-order valence-electron chi connectivity index (χ3n) is 5.74. The average Bonchev–Trinajstić information content (AvgIpc) is 2.75. The van der Waals surface area contributed by atoms with E-state index in [0.717, 1.165) is 32.2 Å². The van der Waals surface area contributed by atoms with Gasteiger partial charge in [-0.3, -0.25) is 14.6 Å². The van der Waals surface area contributed by atoms with Gasteiger partial charge in [-0.2, -0.15) is 0 Å². The SMILES string of the molecule is CCCCCCCCNC(N)=NCCCCCC(=O)N1CCN(C(=O)CC(C)C)CC1. The Morgan fingerprint density at radius 2 is 1.45 bits per heavy atom. The fourth-order valence-corrected chi connectivity index (χ4v) is 3.78. The third kappa shape index (κ3) is 13.3. The Morgan fingerprint density at radius 3 is 2.10 bits per heavy atom. The molecule has 1 aliphatic rings. The van der Waals surface area contributed by atoms with Crippen molar-refractivity contribution in [2.75, 3.05) is 39.3 Å². The smallest absolute Gasteiger partial charge is 0.222 e. The Bertz CT molecular complexity index is 528. The van der Waals surface area contributed by atoms with Crippen molar-refractivity contribution in [3.8, 4) is 0 Å². The molecule has 0 aromatic heterocycles. The van der Waals surface area contributed by atoms with Crippen molar-refractivity contribution >= 4 is 17.8 Å². The largest absolute Gasteiger partial charge is 0.370 e. The normalized spacial score (nSPS) is 14.9. The lowest BCUT2D eigenvalue weighted by molar-refractivity contribution is -0.140. The second-order valence-corrected chi connectivity index (χ2v) is 9.13. The standard InChI is InChI=1S/C24H47N5O2/c1-4-5-6-7-8-11-14-26-24(25)27-15-12-9-10-13-22(30)28-16-18-29(19-17-28)23(31)20-21(2)3/h21H,4-20H2,1-3H3,(H3,25,26,27). The van der Waals surface area contributed by atoms with Crippen molar-refractivity contribution in [2.45, 2.75) is 91.4 Å². The van der Waals surface area contributed by atoms with E-state index in [1.807, 2.05) is 9.80 Å². The first-order valence-corrected chi connectivity index (χ1v) is 12.5. The van der Waals surface area contributed by atoms with E-state index in [1.165, 1.54) is 32.1 Å². The van der Waals surface area contributed by atoms with E-state index in [9.17, 15) is 9.59 Å². The van der Waals surface area contributed by atoms with Crippen LogP contribution in [0.25, 0.3) is 0 Å². The van der Waals surface area contributed by atoms with Crippen LogP contribution >= 0.6 is 0 Å². The molecule has 7 nitrogen and oxygen atoms in total. The molecule has 0 radical (unpaired) electrons. The summed E-state index contributed by atoms with van der Waals surface area (Å²) in [7, 11) is 0. The van der Waals surface area contributed by atoms with E-state index in [4.69, 9.17) is 5.73 Å². The molecule has 0 atom stereocenters. The first-order chi connectivity index (χ1) is 14.9. The summed E-state index contributed by atoms with van der Waals surface area (Å²) >= 11 is 0. The van der Waals surface area contributed by atoms with Gasteiger partial charge >= 0.3 is 0 Å². The van der Waals surface area contributed by atoms with E-state index >= 15 is 0 Å². The number of rotatable bonds is 15. The minimum absolute atomic E-state index is 0.208. The maximum Gasteiger partial charge on any atom is 0.222 e. The van der Waals surface area contributed by atoms with Crippen LogP contribution in [-0.2, 0) is 9.59 Å². The van der Waals surface area contributed by atoms with Crippen molar-refractivity contribution in [1.82, 2.24) is 15.1 Å². The lowest BCUT2D eigenvalue weighted by atomic mass is 10.1. The van der Waals surface area contributed by atoms with Gasteiger partial charge in [-0.1, -0.05) is 59.3 Å². The van der Waals surface area contributed by atoms with Gasteiger partial charge in [-0.05, 0) is 25.2 Å². The summed E-state index contributed by atoms with van der Waals surface area (Å²) in [6.45, 7) is 10.6. The second kappa shape index (κ2) is 16.8. The molecule has 3 N–H and O–H groups in total. The maximum atomic E-state index is 12.4. The molecule has 0 aromatic rings. The molecule has 0 aliphatic carbocycles. The monoisotopic (exact) mass is 437 g/mol. The summed E-state index contributed by atoms with van der Waals surface area (Å²) in [6.07, 6.45) is 11.6. The van der Waals surface area contributed by atoms with Gasteiger partial charge in [0.15, 0.2) is 5.96 Å². The third-order valence-corrected chi connectivity index (χ3v) is 5.74. The van der Waals surface area contributed by atoms with Gasteiger partial charge in [0.1, 0.15) is 0 Å². The van der Waals surface area contributed by atoms with E-state index in [0.29, 0.717) is 57.4 Å². The summed E-state index contributed by atoms with van der Waals surface area (Å²) in [5.74, 6) is 1.33. The van der Waals surface area contributed by atoms with Crippen LogP contribution in [0.1, 0.15) is 91.4 Å². The zero-order chi connectivity index (χ0) is 22.9. The number of guanidine groups is 1. The average molecular weight is 438 g/mol. The topological polar surface area (TPSA) is 91.0 Å². The minimum atomic E-state index is 0.208. The van der Waals surface area contributed by atoms with Gasteiger partial charge in [0.2, 0.25) is 11.8 Å². The molecule has 1 fully saturated rings.